The lowest BCUT2D eigenvalue weighted by molar-refractivity contribution is -0.121. The molecule has 1 fully saturated rings. The van der Waals surface area contributed by atoms with Crippen LogP contribution in [-0.2, 0) is 9.53 Å². The van der Waals surface area contributed by atoms with Crippen molar-refractivity contribution in [2.24, 2.45) is 0 Å². The summed E-state index contributed by atoms with van der Waals surface area (Å²) in [6.07, 6.45) is 0.900. The van der Waals surface area contributed by atoms with Gasteiger partial charge in [0, 0.05) is 37.7 Å². The maximum Gasteiger partial charge on any atom is 0.407 e. The minimum Gasteiger partial charge on any atom is -0.490 e. The van der Waals surface area contributed by atoms with Crippen LogP contribution in [0.25, 0.3) is 0 Å². The standard InChI is InChI=1S/C26H41N3O7/c1-7-33-20-16-18(17-21(34-8-2)23(20)35-9-3)24(31)29-14-11-19(12-15-29)28-22(30)10-13-27-25(32)36-26(4,5)6/h16-17,19H,7-15H2,1-6H3,(H,27,32)(H,28,30). The van der Waals surface area contributed by atoms with E-state index in [0.29, 0.717) is 68.6 Å². The van der Waals surface area contributed by atoms with Gasteiger partial charge in [-0.3, -0.25) is 9.59 Å². The normalized spacial score (nSPS) is 14.1. The number of nitrogens with one attached hydrogen (secondary N) is 2. The van der Waals surface area contributed by atoms with Crippen LogP contribution in [0.1, 0.15) is 71.2 Å². The zero-order valence-electron chi connectivity index (χ0n) is 22.4. The van der Waals surface area contributed by atoms with Crippen molar-refractivity contribution in [3.05, 3.63) is 17.7 Å². The van der Waals surface area contributed by atoms with E-state index in [-0.39, 0.29) is 30.8 Å². The van der Waals surface area contributed by atoms with Crippen molar-refractivity contribution in [3.8, 4) is 17.2 Å². The Hall–Kier alpha value is -3.17. The molecule has 10 nitrogen and oxygen atoms in total. The summed E-state index contributed by atoms with van der Waals surface area (Å²) in [5, 5.41) is 5.57. The summed E-state index contributed by atoms with van der Waals surface area (Å²) >= 11 is 0. The monoisotopic (exact) mass is 507 g/mol. The van der Waals surface area contributed by atoms with Crippen molar-refractivity contribution in [2.45, 2.75) is 72.4 Å². The first-order valence-corrected chi connectivity index (χ1v) is 12.7. The molecule has 0 bridgehead atoms. The Kier molecular flexibility index (Phi) is 11.1. The number of carbonyl (C=O) groups excluding carboxylic acids is 3. The maximum atomic E-state index is 13.2. The smallest absolute Gasteiger partial charge is 0.407 e. The maximum absolute atomic E-state index is 13.2. The molecular formula is C26H41N3O7. The number of likely N-dealkylation sites (tertiary alicyclic amines) is 1. The number of hydrogen-bond donors (Lipinski definition) is 2. The lowest BCUT2D eigenvalue weighted by Gasteiger charge is -2.32. The van der Waals surface area contributed by atoms with Gasteiger partial charge in [0.1, 0.15) is 5.60 Å². The number of alkyl carbamates (subject to hydrolysis) is 1. The van der Waals surface area contributed by atoms with E-state index in [1.54, 1.807) is 37.8 Å². The molecule has 1 aromatic rings. The molecule has 10 heteroatoms. The van der Waals surface area contributed by atoms with Crippen LogP contribution < -0.4 is 24.8 Å². The molecule has 1 aliphatic rings. The van der Waals surface area contributed by atoms with E-state index in [4.69, 9.17) is 18.9 Å². The second-order valence-electron chi connectivity index (χ2n) is 9.41. The summed E-state index contributed by atoms with van der Waals surface area (Å²) in [7, 11) is 0. The van der Waals surface area contributed by atoms with Crippen LogP contribution in [0.3, 0.4) is 0 Å². The Morgan fingerprint density at radius 2 is 1.50 bits per heavy atom. The van der Waals surface area contributed by atoms with E-state index in [0.717, 1.165) is 0 Å². The number of rotatable bonds is 11. The minimum atomic E-state index is -0.585. The van der Waals surface area contributed by atoms with Crippen LogP contribution in [0.15, 0.2) is 12.1 Å². The van der Waals surface area contributed by atoms with Gasteiger partial charge in [0.2, 0.25) is 11.7 Å². The number of nitrogens with zero attached hydrogens (tertiary/aromatic N) is 1. The highest BCUT2D eigenvalue weighted by Crippen LogP contribution is 2.39. The first kappa shape index (κ1) is 29.1. The summed E-state index contributed by atoms with van der Waals surface area (Å²) in [5.74, 6) is 1.20. The van der Waals surface area contributed by atoms with E-state index >= 15 is 0 Å². The van der Waals surface area contributed by atoms with E-state index in [1.807, 2.05) is 20.8 Å². The van der Waals surface area contributed by atoms with Gasteiger partial charge in [0.05, 0.1) is 19.8 Å². The van der Waals surface area contributed by atoms with Crippen molar-refractivity contribution in [3.63, 3.8) is 0 Å². The Labute approximate surface area is 214 Å². The van der Waals surface area contributed by atoms with Gasteiger partial charge >= 0.3 is 6.09 Å². The lowest BCUT2D eigenvalue weighted by Crippen LogP contribution is -2.47. The quantitative estimate of drug-likeness (QED) is 0.471. The van der Waals surface area contributed by atoms with E-state index in [9.17, 15) is 14.4 Å². The third-order valence-corrected chi connectivity index (χ3v) is 5.32. The molecule has 1 aromatic carbocycles. The van der Waals surface area contributed by atoms with Crippen LogP contribution in [0.5, 0.6) is 17.2 Å². The molecule has 2 rings (SSSR count). The molecule has 0 atom stereocenters. The molecule has 0 saturated carbocycles. The zero-order valence-corrected chi connectivity index (χ0v) is 22.4. The Morgan fingerprint density at radius 1 is 0.944 bits per heavy atom. The van der Waals surface area contributed by atoms with E-state index in [2.05, 4.69) is 10.6 Å². The number of ether oxygens (including phenoxy) is 4. The topological polar surface area (TPSA) is 115 Å². The third-order valence-electron chi connectivity index (χ3n) is 5.32. The molecule has 1 saturated heterocycles. The van der Waals surface area contributed by atoms with Gasteiger partial charge in [0.15, 0.2) is 11.5 Å². The van der Waals surface area contributed by atoms with Crippen LogP contribution in [0.4, 0.5) is 4.79 Å². The van der Waals surface area contributed by atoms with Gasteiger partial charge in [-0.15, -0.1) is 0 Å². The van der Waals surface area contributed by atoms with Crippen molar-refractivity contribution in [1.82, 2.24) is 15.5 Å². The average Bonchev–Trinajstić information content (AvgIpc) is 2.80. The van der Waals surface area contributed by atoms with Crippen LogP contribution in [0.2, 0.25) is 0 Å². The van der Waals surface area contributed by atoms with E-state index in [1.165, 1.54) is 0 Å². The Balaban J connectivity index is 1.90. The van der Waals surface area contributed by atoms with Crippen molar-refractivity contribution in [2.75, 3.05) is 39.5 Å². The first-order valence-electron chi connectivity index (χ1n) is 12.7. The van der Waals surface area contributed by atoms with Gasteiger partial charge in [0.25, 0.3) is 5.91 Å². The third kappa shape index (κ3) is 9.13. The van der Waals surface area contributed by atoms with Gasteiger partial charge in [-0.05, 0) is 66.5 Å². The van der Waals surface area contributed by atoms with Crippen molar-refractivity contribution in [1.29, 1.82) is 0 Å². The van der Waals surface area contributed by atoms with Gasteiger partial charge in [-0.25, -0.2) is 4.79 Å². The van der Waals surface area contributed by atoms with Gasteiger partial charge in [-0.1, -0.05) is 0 Å². The summed E-state index contributed by atoms with van der Waals surface area (Å²) < 4.78 is 22.3. The zero-order chi connectivity index (χ0) is 26.7. The fourth-order valence-electron chi connectivity index (χ4n) is 3.81. The molecule has 36 heavy (non-hydrogen) atoms. The van der Waals surface area contributed by atoms with Crippen LogP contribution in [0, 0.1) is 0 Å². The largest absolute Gasteiger partial charge is 0.490 e. The summed E-state index contributed by atoms with van der Waals surface area (Å²) in [6.45, 7) is 13.5. The molecule has 202 valence electrons. The predicted octanol–water partition coefficient (Wildman–Crippen LogP) is 3.52. The molecule has 1 heterocycles. The average molecular weight is 508 g/mol. The number of carbonyl (C=O) groups is 3. The van der Waals surface area contributed by atoms with Crippen LogP contribution >= 0.6 is 0 Å². The Morgan fingerprint density at radius 3 is 2.00 bits per heavy atom. The van der Waals surface area contributed by atoms with Crippen LogP contribution in [-0.4, -0.2) is 73.9 Å². The van der Waals surface area contributed by atoms with Crippen molar-refractivity contribution >= 4 is 17.9 Å². The highest BCUT2D eigenvalue weighted by molar-refractivity contribution is 5.95. The fourth-order valence-corrected chi connectivity index (χ4v) is 3.81. The molecule has 0 unspecified atom stereocenters. The molecule has 2 N–H and O–H groups in total. The molecule has 0 aliphatic carbocycles. The fraction of sp³-hybridized carbons (Fsp3) is 0.654. The lowest BCUT2D eigenvalue weighted by atomic mass is 10.0. The molecule has 0 radical (unpaired) electrons. The summed E-state index contributed by atoms with van der Waals surface area (Å²) in [6, 6.07) is 3.37. The highest BCUT2D eigenvalue weighted by Gasteiger charge is 2.27. The summed E-state index contributed by atoms with van der Waals surface area (Å²) in [5.41, 5.74) is -0.112. The first-order chi connectivity index (χ1) is 17.1. The minimum absolute atomic E-state index is 0.0265. The SMILES string of the molecule is CCOc1cc(C(=O)N2CCC(NC(=O)CCNC(=O)OC(C)(C)C)CC2)cc(OCC)c1OCC. The number of piperidine rings is 1. The second-order valence-corrected chi connectivity index (χ2v) is 9.41. The highest BCUT2D eigenvalue weighted by atomic mass is 16.6. The molecule has 3 amide bonds. The molecular weight excluding hydrogens is 466 g/mol. The number of amides is 3. The predicted molar refractivity (Wildman–Crippen MR) is 136 cm³/mol. The Bertz CT molecular complexity index is 863. The summed E-state index contributed by atoms with van der Waals surface area (Å²) in [4.78, 5) is 39.0. The van der Waals surface area contributed by atoms with Crippen molar-refractivity contribution < 1.29 is 33.3 Å². The number of benzene rings is 1. The second kappa shape index (κ2) is 13.8. The molecule has 0 spiro atoms. The number of hydrogen-bond acceptors (Lipinski definition) is 7. The van der Waals surface area contributed by atoms with Gasteiger partial charge < -0.3 is 34.5 Å². The molecule has 0 aromatic heterocycles. The molecule has 1 aliphatic heterocycles. The van der Waals surface area contributed by atoms with E-state index < -0.39 is 11.7 Å². The van der Waals surface area contributed by atoms with Gasteiger partial charge in [-0.2, -0.15) is 0 Å².